The number of amides is 1. The molecule has 0 bridgehead atoms. The molecule has 0 heterocycles. The molecule has 1 amide bonds. The third kappa shape index (κ3) is 5.41. The summed E-state index contributed by atoms with van der Waals surface area (Å²) in [5.41, 5.74) is 1.29. The van der Waals surface area contributed by atoms with E-state index >= 15 is 0 Å². The van der Waals surface area contributed by atoms with E-state index < -0.39 is 5.60 Å². The van der Waals surface area contributed by atoms with Crippen LogP contribution in [-0.2, 0) is 21.7 Å². The van der Waals surface area contributed by atoms with Crippen LogP contribution >= 0.6 is 0 Å². The first-order chi connectivity index (χ1) is 12.0. The number of rotatable bonds is 8. The molecular weight excluding hydrogens is 314 g/mol. The molecule has 1 atom stereocenters. The highest BCUT2D eigenvalue weighted by Crippen LogP contribution is 2.29. The maximum absolute atomic E-state index is 12.3. The summed E-state index contributed by atoms with van der Waals surface area (Å²) in [4.78, 5) is 12.3. The smallest absolute Gasteiger partial charge is 0.227 e. The van der Waals surface area contributed by atoms with Crippen LogP contribution in [0.15, 0.2) is 54.6 Å². The molecule has 4 nitrogen and oxygen atoms in total. The van der Waals surface area contributed by atoms with Crippen molar-refractivity contribution in [3.63, 3.8) is 0 Å². The summed E-state index contributed by atoms with van der Waals surface area (Å²) in [7, 11) is 0. The van der Waals surface area contributed by atoms with E-state index in [4.69, 9.17) is 4.74 Å². The summed E-state index contributed by atoms with van der Waals surface area (Å²) in [6.45, 7) is 3.03. The number of nitrogens with one attached hydrogen (secondary N) is 1. The van der Waals surface area contributed by atoms with Crippen LogP contribution in [0.5, 0.6) is 0 Å². The summed E-state index contributed by atoms with van der Waals surface area (Å²) in [6, 6.07) is 16.9. The molecule has 2 N–H and O–H groups in total. The number of hydrogen-bond acceptors (Lipinski definition) is 3. The fourth-order valence-corrected chi connectivity index (χ4v) is 2.78. The van der Waals surface area contributed by atoms with Crippen molar-refractivity contribution in [1.82, 2.24) is 0 Å². The molecule has 4 heteroatoms. The number of ether oxygens (including phenoxy) is 1. The van der Waals surface area contributed by atoms with Gasteiger partial charge in [0.05, 0.1) is 18.6 Å². The minimum atomic E-state index is -1.20. The number of benzene rings is 2. The molecule has 1 aliphatic rings. The van der Waals surface area contributed by atoms with Gasteiger partial charge in [-0.25, -0.2) is 0 Å². The fourth-order valence-electron chi connectivity index (χ4n) is 2.78. The zero-order valence-electron chi connectivity index (χ0n) is 14.6. The van der Waals surface area contributed by atoms with Gasteiger partial charge in [-0.2, -0.15) is 0 Å². The van der Waals surface area contributed by atoms with Gasteiger partial charge in [0.15, 0.2) is 0 Å². The predicted octanol–water partition coefficient (Wildman–Crippen LogP) is 3.85. The number of anilines is 1. The molecule has 25 heavy (non-hydrogen) atoms. The van der Waals surface area contributed by atoms with Crippen LogP contribution in [0.2, 0.25) is 0 Å². The van der Waals surface area contributed by atoms with Gasteiger partial charge in [-0.3, -0.25) is 4.79 Å². The number of carbonyl (C=O) groups excluding carboxylic acids is 1. The SMILES string of the molecule is CC(O)(CC(=O)Nc1cccc(COCC2CC2)c1)c1ccccc1. The first kappa shape index (κ1) is 17.6. The first-order valence-electron chi connectivity index (χ1n) is 8.77. The van der Waals surface area contributed by atoms with E-state index in [-0.39, 0.29) is 12.3 Å². The molecule has 1 aliphatic carbocycles. The zero-order chi connectivity index (χ0) is 17.7. The van der Waals surface area contributed by atoms with Crippen molar-refractivity contribution in [3.8, 4) is 0 Å². The molecule has 2 aromatic rings. The Hall–Kier alpha value is -2.17. The van der Waals surface area contributed by atoms with Gasteiger partial charge in [0.25, 0.3) is 0 Å². The number of aliphatic hydroxyl groups is 1. The molecule has 132 valence electrons. The first-order valence-corrected chi connectivity index (χ1v) is 8.77. The Morgan fingerprint density at radius 3 is 2.68 bits per heavy atom. The zero-order valence-corrected chi connectivity index (χ0v) is 14.6. The van der Waals surface area contributed by atoms with Gasteiger partial charge < -0.3 is 15.2 Å². The summed E-state index contributed by atoms with van der Waals surface area (Å²) < 4.78 is 5.69. The average molecular weight is 339 g/mol. The standard InChI is InChI=1S/C21H25NO3/c1-21(24,18-7-3-2-4-8-18)13-20(23)22-19-9-5-6-17(12-19)15-25-14-16-10-11-16/h2-9,12,16,24H,10-11,13-15H2,1H3,(H,22,23). The third-order valence-electron chi connectivity index (χ3n) is 4.43. The van der Waals surface area contributed by atoms with Crippen LogP contribution in [-0.4, -0.2) is 17.6 Å². The maximum atomic E-state index is 12.3. The van der Waals surface area contributed by atoms with Crippen molar-refractivity contribution in [2.75, 3.05) is 11.9 Å². The van der Waals surface area contributed by atoms with E-state index in [1.807, 2.05) is 54.6 Å². The van der Waals surface area contributed by atoms with Crippen molar-refractivity contribution in [3.05, 3.63) is 65.7 Å². The van der Waals surface area contributed by atoms with E-state index in [1.165, 1.54) is 12.8 Å². The lowest BCUT2D eigenvalue weighted by Crippen LogP contribution is -2.28. The summed E-state index contributed by atoms with van der Waals surface area (Å²) in [5, 5.41) is 13.4. The second-order valence-corrected chi connectivity index (χ2v) is 7.02. The predicted molar refractivity (Wildman–Crippen MR) is 98.1 cm³/mol. The molecule has 0 radical (unpaired) electrons. The Kier molecular flexibility index (Phi) is 5.51. The van der Waals surface area contributed by atoms with Crippen LogP contribution in [0.3, 0.4) is 0 Å². The molecule has 0 saturated heterocycles. The molecule has 2 aromatic carbocycles. The van der Waals surface area contributed by atoms with Crippen molar-refractivity contribution in [2.24, 2.45) is 5.92 Å². The van der Waals surface area contributed by atoms with Crippen molar-refractivity contribution < 1.29 is 14.6 Å². The Morgan fingerprint density at radius 1 is 1.20 bits per heavy atom. The van der Waals surface area contributed by atoms with E-state index in [0.29, 0.717) is 6.61 Å². The lowest BCUT2D eigenvalue weighted by atomic mass is 9.92. The van der Waals surface area contributed by atoms with Crippen molar-refractivity contribution in [2.45, 2.75) is 38.4 Å². The molecule has 1 unspecified atom stereocenters. The molecule has 1 saturated carbocycles. The monoisotopic (exact) mass is 339 g/mol. The second-order valence-electron chi connectivity index (χ2n) is 7.02. The normalized spacial score (nSPS) is 16.2. The number of hydrogen-bond donors (Lipinski definition) is 2. The molecular formula is C21H25NO3. The van der Waals surface area contributed by atoms with E-state index in [9.17, 15) is 9.90 Å². The highest BCUT2D eigenvalue weighted by molar-refractivity contribution is 5.91. The molecule has 0 aromatic heterocycles. The van der Waals surface area contributed by atoms with Gasteiger partial charge in [-0.15, -0.1) is 0 Å². The van der Waals surface area contributed by atoms with Crippen LogP contribution in [0.25, 0.3) is 0 Å². The Morgan fingerprint density at radius 2 is 1.96 bits per heavy atom. The van der Waals surface area contributed by atoms with Crippen LogP contribution in [0.4, 0.5) is 5.69 Å². The van der Waals surface area contributed by atoms with E-state index in [2.05, 4.69) is 5.32 Å². The maximum Gasteiger partial charge on any atom is 0.227 e. The third-order valence-corrected chi connectivity index (χ3v) is 4.43. The summed E-state index contributed by atoms with van der Waals surface area (Å²) in [6.07, 6.45) is 2.55. The van der Waals surface area contributed by atoms with Gasteiger partial charge in [0, 0.05) is 12.3 Å². The Labute approximate surface area is 148 Å². The highest BCUT2D eigenvalue weighted by Gasteiger charge is 2.26. The van der Waals surface area contributed by atoms with Gasteiger partial charge in [0.1, 0.15) is 0 Å². The lowest BCUT2D eigenvalue weighted by molar-refractivity contribution is -0.120. The van der Waals surface area contributed by atoms with Gasteiger partial charge in [0.2, 0.25) is 5.91 Å². The van der Waals surface area contributed by atoms with E-state index in [0.717, 1.165) is 29.3 Å². The largest absolute Gasteiger partial charge is 0.385 e. The van der Waals surface area contributed by atoms with Crippen LogP contribution in [0, 0.1) is 5.92 Å². The van der Waals surface area contributed by atoms with Gasteiger partial charge in [-0.1, -0.05) is 42.5 Å². The van der Waals surface area contributed by atoms with E-state index in [1.54, 1.807) is 6.92 Å². The highest BCUT2D eigenvalue weighted by atomic mass is 16.5. The van der Waals surface area contributed by atoms with Crippen molar-refractivity contribution >= 4 is 11.6 Å². The Bertz CT molecular complexity index is 708. The van der Waals surface area contributed by atoms with Gasteiger partial charge >= 0.3 is 0 Å². The van der Waals surface area contributed by atoms with Gasteiger partial charge in [-0.05, 0) is 48.9 Å². The molecule has 1 fully saturated rings. The summed E-state index contributed by atoms with van der Waals surface area (Å²) >= 11 is 0. The lowest BCUT2D eigenvalue weighted by Gasteiger charge is -2.23. The van der Waals surface area contributed by atoms with Crippen molar-refractivity contribution in [1.29, 1.82) is 0 Å². The topological polar surface area (TPSA) is 58.6 Å². The summed E-state index contributed by atoms with van der Waals surface area (Å²) in [5.74, 6) is 0.521. The minimum Gasteiger partial charge on any atom is -0.385 e. The molecule has 0 spiro atoms. The minimum absolute atomic E-state index is 0.000574. The second kappa shape index (κ2) is 7.81. The fraction of sp³-hybridized carbons (Fsp3) is 0.381. The van der Waals surface area contributed by atoms with Crippen LogP contribution in [0.1, 0.15) is 37.3 Å². The average Bonchev–Trinajstić information content (AvgIpc) is 3.40. The quantitative estimate of drug-likeness (QED) is 0.768. The van der Waals surface area contributed by atoms with Crippen LogP contribution < -0.4 is 5.32 Å². The number of carbonyl (C=O) groups is 1. The Balaban J connectivity index is 1.55. The molecule has 0 aliphatic heterocycles. The molecule has 3 rings (SSSR count).